The highest BCUT2D eigenvalue weighted by Gasteiger charge is 2.40. The summed E-state index contributed by atoms with van der Waals surface area (Å²) in [6.07, 6.45) is -4.77. The van der Waals surface area contributed by atoms with Gasteiger partial charge in [0.15, 0.2) is 5.92 Å². The maximum Gasteiger partial charge on any atom is 0.406 e. The van der Waals surface area contributed by atoms with E-state index in [0.717, 1.165) is 6.07 Å². The molecule has 0 heterocycles. The molecule has 0 saturated heterocycles. The number of halogens is 3. The van der Waals surface area contributed by atoms with Gasteiger partial charge in [-0.1, -0.05) is 0 Å². The molecule has 0 aliphatic rings. The molecule has 1 atom stereocenters. The van der Waals surface area contributed by atoms with Crippen LogP contribution in [0.5, 0.6) is 0 Å². The highest BCUT2D eigenvalue weighted by atomic mass is 19.4. The van der Waals surface area contributed by atoms with Crippen molar-refractivity contribution in [3.8, 4) is 6.07 Å². The number of hydrogen-bond donors (Lipinski definition) is 0. The van der Waals surface area contributed by atoms with Crippen molar-refractivity contribution in [2.45, 2.75) is 26.1 Å². The van der Waals surface area contributed by atoms with Crippen LogP contribution in [0.15, 0.2) is 0 Å². The second-order valence-corrected chi connectivity index (χ2v) is 2.61. The molecule has 2 nitrogen and oxygen atoms in total. The Morgan fingerprint density at radius 1 is 1.42 bits per heavy atom. The van der Waals surface area contributed by atoms with Gasteiger partial charge in [-0.3, -0.25) is 0 Å². The minimum Gasteiger partial charge on any atom is -0.377 e. The van der Waals surface area contributed by atoms with Gasteiger partial charge in [0.05, 0.1) is 18.8 Å². The van der Waals surface area contributed by atoms with Crippen LogP contribution in [0.25, 0.3) is 0 Å². The summed E-state index contributed by atoms with van der Waals surface area (Å²) in [6.45, 7) is 2.65. The van der Waals surface area contributed by atoms with Crippen LogP contribution in [0, 0.1) is 17.2 Å². The Hall–Kier alpha value is -0.760. The van der Waals surface area contributed by atoms with Gasteiger partial charge < -0.3 is 4.74 Å². The van der Waals surface area contributed by atoms with Gasteiger partial charge in [-0.2, -0.15) is 18.4 Å². The Labute approximate surface area is 68.9 Å². The maximum atomic E-state index is 11.9. The third kappa shape index (κ3) is 4.19. The van der Waals surface area contributed by atoms with Crippen molar-refractivity contribution >= 4 is 0 Å². The second-order valence-electron chi connectivity index (χ2n) is 2.61. The lowest BCUT2D eigenvalue weighted by atomic mass is 10.2. The molecular formula is C7H10F3NO. The van der Waals surface area contributed by atoms with Crippen molar-refractivity contribution < 1.29 is 17.9 Å². The fourth-order valence-electron chi connectivity index (χ4n) is 0.494. The number of hydrogen-bond acceptors (Lipinski definition) is 2. The lowest BCUT2D eigenvalue weighted by Gasteiger charge is -2.14. The normalized spacial score (nSPS) is 14.4. The summed E-state index contributed by atoms with van der Waals surface area (Å²) in [6, 6.07) is 1.15. The summed E-state index contributed by atoms with van der Waals surface area (Å²) in [5, 5.41) is 8.12. The van der Waals surface area contributed by atoms with Crippen LogP contribution in [0.4, 0.5) is 13.2 Å². The summed E-state index contributed by atoms with van der Waals surface area (Å²) in [5.41, 5.74) is 0. The zero-order chi connectivity index (χ0) is 9.78. The summed E-state index contributed by atoms with van der Waals surface area (Å²) < 4.78 is 40.3. The van der Waals surface area contributed by atoms with Gasteiger partial charge in [0.1, 0.15) is 0 Å². The molecule has 0 spiro atoms. The molecule has 12 heavy (non-hydrogen) atoms. The van der Waals surface area contributed by atoms with Crippen molar-refractivity contribution in [2.24, 2.45) is 5.92 Å². The quantitative estimate of drug-likeness (QED) is 0.668. The Morgan fingerprint density at radius 2 is 1.92 bits per heavy atom. The molecule has 0 saturated carbocycles. The van der Waals surface area contributed by atoms with Crippen LogP contribution >= 0.6 is 0 Å². The third-order valence-electron chi connectivity index (χ3n) is 1.15. The van der Waals surface area contributed by atoms with E-state index in [1.807, 2.05) is 0 Å². The monoisotopic (exact) mass is 181 g/mol. The summed E-state index contributed by atoms with van der Waals surface area (Å²) in [7, 11) is 0. The third-order valence-corrected chi connectivity index (χ3v) is 1.15. The standard InChI is InChI=1S/C7H10F3NO/c1-5(2)12-4-6(3-11)7(8,9)10/h5-6H,4H2,1-2H3. The van der Waals surface area contributed by atoms with Gasteiger partial charge in [0.2, 0.25) is 0 Å². The number of rotatable bonds is 3. The van der Waals surface area contributed by atoms with E-state index in [-0.39, 0.29) is 6.10 Å². The molecule has 1 unspecified atom stereocenters. The van der Waals surface area contributed by atoms with Crippen LogP contribution in [0.3, 0.4) is 0 Å². The zero-order valence-electron chi connectivity index (χ0n) is 6.85. The summed E-state index contributed by atoms with van der Waals surface area (Å²) >= 11 is 0. The Morgan fingerprint density at radius 3 is 2.17 bits per heavy atom. The molecule has 5 heteroatoms. The van der Waals surface area contributed by atoms with E-state index in [4.69, 9.17) is 5.26 Å². The molecular weight excluding hydrogens is 171 g/mol. The highest BCUT2D eigenvalue weighted by Crippen LogP contribution is 2.25. The molecule has 70 valence electrons. The zero-order valence-corrected chi connectivity index (χ0v) is 6.85. The molecule has 0 amide bonds. The second kappa shape index (κ2) is 4.31. The van der Waals surface area contributed by atoms with E-state index in [9.17, 15) is 13.2 Å². The van der Waals surface area contributed by atoms with Crippen molar-refractivity contribution in [3.63, 3.8) is 0 Å². The van der Waals surface area contributed by atoms with E-state index in [1.165, 1.54) is 0 Å². The first-order valence-corrected chi connectivity index (χ1v) is 3.46. The van der Waals surface area contributed by atoms with Crippen molar-refractivity contribution in [2.75, 3.05) is 6.61 Å². The number of nitrogens with zero attached hydrogens (tertiary/aromatic N) is 1. The van der Waals surface area contributed by atoms with E-state index in [1.54, 1.807) is 13.8 Å². The molecule has 0 aliphatic carbocycles. The fraction of sp³-hybridized carbons (Fsp3) is 0.857. The van der Waals surface area contributed by atoms with Crippen LogP contribution in [0.2, 0.25) is 0 Å². The van der Waals surface area contributed by atoms with Crippen molar-refractivity contribution in [1.82, 2.24) is 0 Å². The topological polar surface area (TPSA) is 33.0 Å². The summed E-state index contributed by atoms with van der Waals surface area (Å²) in [5.74, 6) is -2.01. The fourth-order valence-corrected chi connectivity index (χ4v) is 0.494. The van der Waals surface area contributed by atoms with E-state index >= 15 is 0 Å². The number of nitriles is 1. The first-order valence-electron chi connectivity index (χ1n) is 3.46. The molecule has 0 aromatic heterocycles. The first kappa shape index (κ1) is 11.2. The van der Waals surface area contributed by atoms with Crippen LogP contribution in [-0.4, -0.2) is 18.9 Å². The van der Waals surface area contributed by atoms with Gasteiger partial charge in [-0.15, -0.1) is 0 Å². The SMILES string of the molecule is CC(C)OCC(C#N)C(F)(F)F. The predicted molar refractivity (Wildman–Crippen MR) is 36.2 cm³/mol. The molecule has 0 aliphatic heterocycles. The lowest BCUT2D eigenvalue weighted by molar-refractivity contribution is -0.174. The number of ether oxygens (including phenoxy) is 1. The smallest absolute Gasteiger partial charge is 0.377 e. The van der Waals surface area contributed by atoms with Crippen molar-refractivity contribution in [1.29, 1.82) is 5.26 Å². The molecule has 0 aromatic carbocycles. The Kier molecular flexibility index (Phi) is 4.04. The highest BCUT2D eigenvalue weighted by molar-refractivity contribution is 4.88. The minimum atomic E-state index is -4.48. The lowest BCUT2D eigenvalue weighted by Crippen LogP contribution is -2.27. The molecule has 0 fully saturated rings. The molecule has 0 rings (SSSR count). The average Bonchev–Trinajstić information content (AvgIpc) is 1.85. The summed E-state index contributed by atoms with van der Waals surface area (Å²) in [4.78, 5) is 0. The van der Waals surface area contributed by atoms with Crippen molar-refractivity contribution in [3.05, 3.63) is 0 Å². The molecule has 0 aromatic rings. The number of alkyl halides is 3. The molecule has 0 N–H and O–H groups in total. The van der Waals surface area contributed by atoms with Crippen LogP contribution in [-0.2, 0) is 4.74 Å². The predicted octanol–water partition coefficient (Wildman–Crippen LogP) is 2.11. The molecule has 0 bridgehead atoms. The van der Waals surface area contributed by atoms with Gasteiger partial charge in [0, 0.05) is 0 Å². The van der Waals surface area contributed by atoms with Gasteiger partial charge in [-0.05, 0) is 13.8 Å². The minimum absolute atomic E-state index is 0.289. The Bertz CT molecular complexity index is 170. The van der Waals surface area contributed by atoms with Gasteiger partial charge in [-0.25, -0.2) is 0 Å². The first-order chi connectivity index (χ1) is 5.38. The molecule has 0 radical (unpaired) electrons. The average molecular weight is 181 g/mol. The van der Waals surface area contributed by atoms with E-state index in [2.05, 4.69) is 4.74 Å². The Balaban J connectivity index is 3.96. The largest absolute Gasteiger partial charge is 0.406 e. The maximum absolute atomic E-state index is 11.9. The van der Waals surface area contributed by atoms with Crippen LogP contribution < -0.4 is 0 Å². The van der Waals surface area contributed by atoms with Gasteiger partial charge in [0.25, 0.3) is 0 Å². The van der Waals surface area contributed by atoms with Crippen LogP contribution in [0.1, 0.15) is 13.8 Å². The van der Waals surface area contributed by atoms with E-state index in [0.29, 0.717) is 0 Å². The van der Waals surface area contributed by atoms with Gasteiger partial charge >= 0.3 is 6.18 Å². The van der Waals surface area contributed by atoms with E-state index < -0.39 is 18.7 Å².